The fourth-order valence-electron chi connectivity index (χ4n) is 2.21. The molecule has 1 aliphatic heterocycles. The minimum atomic E-state index is 0.771. The van der Waals surface area contributed by atoms with E-state index in [1.54, 1.807) is 11.3 Å². The van der Waals surface area contributed by atoms with Crippen molar-refractivity contribution in [3.8, 4) is 5.75 Å². The standard InChI is InChI=1S/C14H14ClNOS/c15-13-5-11-1-3-17-14(11)12(6-13)8-16-7-10-2-4-18-9-10/h2,4-6,9,16H,1,3,7-8H2. The Bertz CT molecular complexity index is 539. The summed E-state index contributed by atoms with van der Waals surface area (Å²) in [7, 11) is 0. The van der Waals surface area contributed by atoms with Crippen LogP contribution in [0.4, 0.5) is 0 Å². The number of thiophene rings is 1. The molecule has 0 amide bonds. The molecule has 1 aromatic carbocycles. The number of hydrogen-bond acceptors (Lipinski definition) is 3. The van der Waals surface area contributed by atoms with Gasteiger partial charge in [0, 0.05) is 30.1 Å². The van der Waals surface area contributed by atoms with Gasteiger partial charge in [-0.3, -0.25) is 0 Å². The quantitative estimate of drug-likeness (QED) is 0.923. The van der Waals surface area contributed by atoms with Crippen LogP contribution >= 0.6 is 22.9 Å². The molecule has 94 valence electrons. The van der Waals surface area contributed by atoms with Crippen LogP contribution in [0.25, 0.3) is 0 Å². The molecule has 0 unspecified atom stereocenters. The second-order valence-corrected chi connectivity index (χ2v) is 5.60. The molecule has 1 aliphatic rings. The lowest BCUT2D eigenvalue weighted by molar-refractivity contribution is 0.352. The van der Waals surface area contributed by atoms with E-state index in [4.69, 9.17) is 16.3 Å². The lowest BCUT2D eigenvalue weighted by Gasteiger charge is -2.09. The fourth-order valence-corrected chi connectivity index (χ4v) is 3.14. The predicted octanol–water partition coefficient (Wildman–Crippen LogP) is 3.63. The summed E-state index contributed by atoms with van der Waals surface area (Å²) >= 11 is 7.85. The van der Waals surface area contributed by atoms with Crippen molar-refractivity contribution < 1.29 is 4.74 Å². The zero-order chi connectivity index (χ0) is 12.4. The molecule has 0 saturated heterocycles. The molecule has 2 aromatic rings. The lowest BCUT2D eigenvalue weighted by Crippen LogP contribution is -2.12. The predicted molar refractivity (Wildman–Crippen MR) is 75.5 cm³/mol. The molecule has 0 aliphatic carbocycles. The Morgan fingerprint density at radius 3 is 3.11 bits per heavy atom. The molecule has 0 radical (unpaired) electrons. The van der Waals surface area contributed by atoms with E-state index < -0.39 is 0 Å². The summed E-state index contributed by atoms with van der Waals surface area (Å²) in [6.07, 6.45) is 0.966. The molecule has 0 atom stereocenters. The first-order valence-corrected chi connectivity index (χ1v) is 7.31. The van der Waals surface area contributed by atoms with Gasteiger partial charge in [0.1, 0.15) is 5.75 Å². The Kier molecular flexibility index (Phi) is 3.55. The summed E-state index contributed by atoms with van der Waals surface area (Å²) < 4.78 is 5.68. The summed E-state index contributed by atoms with van der Waals surface area (Å²) in [6.45, 7) is 2.44. The maximum atomic E-state index is 6.13. The van der Waals surface area contributed by atoms with E-state index in [-0.39, 0.29) is 0 Å². The van der Waals surface area contributed by atoms with E-state index in [0.717, 1.165) is 42.5 Å². The van der Waals surface area contributed by atoms with Crippen LogP contribution in [0.3, 0.4) is 0 Å². The fraction of sp³-hybridized carbons (Fsp3) is 0.286. The van der Waals surface area contributed by atoms with Gasteiger partial charge in [0.15, 0.2) is 0 Å². The molecule has 0 fully saturated rings. The summed E-state index contributed by atoms with van der Waals surface area (Å²) in [5.41, 5.74) is 3.71. The second kappa shape index (κ2) is 5.31. The van der Waals surface area contributed by atoms with E-state index >= 15 is 0 Å². The van der Waals surface area contributed by atoms with Crippen molar-refractivity contribution in [1.82, 2.24) is 5.32 Å². The van der Waals surface area contributed by atoms with Gasteiger partial charge in [-0.1, -0.05) is 11.6 Å². The van der Waals surface area contributed by atoms with E-state index in [1.165, 1.54) is 11.1 Å². The van der Waals surface area contributed by atoms with Gasteiger partial charge in [-0.15, -0.1) is 0 Å². The van der Waals surface area contributed by atoms with Gasteiger partial charge in [0.25, 0.3) is 0 Å². The highest BCUT2D eigenvalue weighted by Gasteiger charge is 2.17. The number of rotatable bonds is 4. The third kappa shape index (κ3) is 2.53. The molecule has 0 spiro atoms. The molecular weight excluding hydrogens is 266 g/mol. The molecule has 0 saturated carbocycles. The zero-order valence-electron chi connectivity index (χ0n) is 9.91. The van der Waals surface area contributed by atoms with Gasteiger partial charge in [0.05, 0.1) is 6.61 Å². The highest BCUT2D eigenvalue weighted by molar-refractivity contribution is 7.07. The highest BCUT2D eigenvalue weighted by atomic mass is 35.5. The van der Waals surface area contributed by atoms with Crippen LogP contribution < -0.4 is 10.1 Å². The van der Waals surface area contributed by atoms with Crippen LogP contribution in [-0.2, 0) is 19.5 Å². The van der Waals surface area contributed by atoms with Crippen molar-refractivity contribution in [3.63, 3.8) is 0 Å². The van der Waals surface area contributed by atoms with Crippen LogP contribution in [-0.4, -0.2) is 6.61 Å². The molecule has 0 bridgehead atoms. The van der Waals surface area contributed by atoms with Crippen LogP contribution in [0.2, 0.25) is 5.02 Å². The first-order chi connectivity index (χ1) is 8.83. The van der Waals surface area contributed by atoms with Crippen molar-refractivity contribution in [2.24, 2.45) is 0 Å². The molecule has 4 heteroatoms. The van der Waals surface area contributed by atoms with Crippen molar-refractivity contribution in [3.05, 3.63) is 50.7 Å². The maximum Gasteiger partial charge on any atom is 0.127 e. The Balaban J connectivity index is 1.69. The molecule has 2 heterocycles. The Morgan fingerprint density at radius 1 is 1.33 bits per heavy atom. The third-order valence-electron chi connectivity index (χ3n) is 3.05. The second-order valence-electron chi connectivity index (χ2n) is 4.39. The molecular formula is C14H14ClNOS. The van der Waals surface area contributed by atoms with Gasteiger partial charge in [-0.2, -0.15) is 11.3 Å². The number of ether oxygens (including phenoxy) is 1. The highest BCUT2D eigenvalue weighted by Crippen LogP contribution is 2.32. The SMILES string of the molecule is Clc1cc2c(c(CNCc3ccsc3)c1)OCC2. The number of hydrogen-bond donors (Lipinski definition) is 1. The van der Waals surface area contributed by atoms with Crippen LogP contribution in [0.1, 0.15) is 16.7 Å². The minimum absolute atomic E-state index is 0.771. The van der Waals surface area contributed by atoms with Crippen LogP contribution in [0.5, 0.6) is 5.75 Å². The average molecular weight is 280 g/mol. The lowest BCUT2D eigenvalue weighted by atomic mass is 10.1. The first kappa shape index (κ1) is 12.0. The number of fused-ring (bicyclic) bond motifs is 1. The Labute approximate surface area is 116 Å². The van der Waals surface area contributed by atoms with Crippen molar-refractivity contribution >= 4 is 22.9 Å². The average Bonchev–Trinajstić information content (AvgIpc) is 2.98. The van der Waals surface area contributed by atoms with E-state index in [0.29, 0.717) is 0 Å². The molecule has 1 N–H and O–H groups in total. The normalized spacial score (nSPS) is 13.4. The van der Waals surface area contributed by atoms with Gasteiger partial charge in [-0.25, -0.2) is 0 Å². The van der Waals surface area contributed by atoms with Crippen molar-refractivity contribution in [1.29, 1.82) is 0 Å². The largest absolute Gasteiger partial charge is 0.493 e. The Hall–Kier alpha value is -1.03. The van der Waals surface area contributed by atoms with Gasteiger partial charge >= 0.3 is 0 Å². The molecule has 3 rings (SSSR count). The molecule has 1 aromatic heterocycles. The van der Waals surface area contributed by atoms with E-state index in [1.807, 2.05) is 12.1 Å². The maximum absolute atomic E-state index is 6.13. The topological polar surface area (TPSA) is 21.3 Å². The summed E-state index contributed by atoms with van der Waals surface area (Å²) in [5, 5.41) is 8.48. The first-order valence-electron chi connectivity index (χ1n) is 5.99. The number of nitrogens with one attached hydrogen (secondary N) is 1. The minimum Gasteiger partial charge on any atom is -0.493 e. The van der Waals surface area contributed by atoms with E-state index in [2.05, 4.69) is 22.1 Å². The monoisotopic (exact) mass is 279 g/mol. The van der Waals surface area contributed by atoms with Crippen LogP contribution in [0.15, 0.2) is 29.0 Å². The van der Waals surface area contributed by atoms with E-state index in [9.17, 15) is 0 Å². The number of halogens is 1. The van der Waals surface area contributed by atoms with Gasteiger partial charge in [0.2, 0.25) is 0 Å². The smallest absolute Gasteiger partial charge is 0.127 e. The summed E-state index contributed by atoms with van der Waals surface area (Å²) in [6, 6.07) is 6.13. The third-order valence-corrected chi connectivity index (χ3v) is 4.00. The zero-order valence-corrected chi connectivity index (χ0v) is 11.5. The summed E-state index contributed by atoms with van der Waals surface area (Å²) in [5.74, 6) is 1.03. The van der Waals surface area contributed by atoms with Crippen LogP contribution in [0, 0.1) is 0 Å². The Morgan fingerprint density at radius 2 is 2.28 bits per heavy atom. The number of benzene rings is 1. The van der Waals surface area contributed by atoms with Crippen molar-refractivity contribution in [2.45, 2.75) is 19.5 Å². The summed E-state index contributed by atoms with van der Waals surface area (Å²) in [4.78, 5) is 0. The van der Waals surface area contributed by atoms with Gasteiger partial charge in [-0.05, 0) is 40.1 Å². The van der Waals surface area contributed by atoms with Gasteiger partial charge < -0.3 is 10.1 Å². The molecule has 18 heavy (non-hydrogen) atoms. The van der Waals surface area contributed by atoms with Crippen molar-refractivity contribution in [2.75, 3.05) is 6.61 Å². The molecule has 2 nitrogen and oxygen atoms in total.